The highest BCUT2D eigenvalue weighted by atomic mass is 19.4. The summed E-state index contributed by atoms with van der Waals surface area (Å²) in [6.07, 6.45) is -3.60. The molecule has 0 aliphatic carbocycles. The van der Waals surface area contributed by atoms with Crippen LogP contribution in [0.5, 0.6) is 0 Å². The van der Waals surface area contributed by atoms with Crippen LogP contribution in [0.3, 0.4) is 0 Å². The lowest BCUT2D eigenvalue weighted by Gasteiger charge is -2.23. The Morgan fingerprint density at radius 1 is 1.29 bits per heavy atom. The van der Waals surface area contributed by atoms with E-state index in [2.05, 4.69) is 5.32 Å². The van der Waals surface area contributed by atoms with E-state index >= 15 is 0 Å². The van der Waals surface area contributed by atoms with E-state index < -0.39 is 37.9 Å². The average molecular weight is 314 g/mol. The lowest BCUT2D eigenvalue weighted by atomic mass is 10.0. The van der Waals surface area contributed by atoms with Gasteiger partial charge in [0.2, 0.25) is 0 Å². The highest BCUT2D eigenvalue weighted by Gasteiger charge is 2.32. The van der Waals surface area contributed by atoms with Gasteiger partial charge in [-0.3, -0.25) is 4.79 Å². The molecule has 1 unspecified atom stereocenters. The fraction of sp³-hybridized carbons (Fsp3) is 0.833. The maximum absolute atomic E-state index is 12.3. The van der Waals surface area contributed by atoms with Crippen molar-refractivity contribution in [2.24, 2.45) is 5.92 Å². The molecule has 21 heavy (non-hydrogen) atoms. The first-order chi connectivity index (χ1) is 9.65. The fourth-order valence-electron chi connectivity index (χ4n) is 1.64. The van der Waals surface area contributed by atoms with E-state index in [9.17, 15) is 22.8 Å². The molecule has 0 aromatic heterocycles. The monoisotopic (exact) mass is 314 g/mol. The van der Waals surface area contributed by atoms with Gasteiger partial charge >= 0.3 is 18.2 Å². The molecular weight excluding hydrogens is 293 g/mol. The SMILES string of the molecule is CC(CCNC(=O)N(CCO)CC(F)(F)F)CCC(=O)O. The van der Waals surface area contributed by atoms with Gasteiger partial charge < -0.3 is 20.4 Å². The molecule has 0 aromatic rings. The maximum atomic E-state index is 12.3. The van der Waals surface area contributed by atoms with Gasteiger partial charge in [0.25, 0.3) is 0 Å². The quantitative estimate of drug-likeness (QED) is 0.601. The molecule has 9 heteroatoms. The first-order valence-electron chi connectivity index (χ1n) is 6.58. The first-order valence-corrected chi connectivity index (χ1v) is 6.58. The number of carbonyl (C=O) groups excluding carboxylic acids is 1. The van der Waals surface area contributed by atoms with E-state index in [1.54, 1.807) is 6.92 Å². The highest BCUT2D eigenvalue weighted by molar-refractivity contribution is 5.74. The topological polar surface area (TPSA) is 89.9 Å². The van der Waals surface area contributed by atoms with E-state index in [0.717, 1.165) is 0 Å². The molecule has 0 bridgehead atoms. The van der Waals surface area contributed by atoms with Gasteiger partial charge in [0.15, 0.2) is 0 Å². The normalized spacial score (nSPS) is 12.8. The summed E-state index contributed by atoms with van der Waals surface area (Å²) in [5, 5.41) is 19.5. The largest absolute Gasteiger partial charge is 0.481 e. The van der Waals surface area contributed by atoms with Crippen molar-refractivity contribution in [3.8, 4) is 0 Å². The van der Waals surface area contributed by atoms with E-state index in [0.29, 0.717) is 17.7 Å². The second kappa shape index (κ2) is 9.43. The summed E-state index contributed by atoms with van der Waals surface area (Å²) in [4.78, 5) is 22.4. The number of alkyl halides is 3. The van der Waals surface area contributed by atoms with Crippen LogP contribution in [0.15, 0.2) is 0 Å². The molecule has 2 amide bonds. The third kappa shape index (κ3) is 10.9. The second-order valence-corrected chi connectivity index (χ2v) is 4.82. The molecule has 0 spiro atoms. The number of hydrogen-bond acceptors (Lipinski definition) is 3. The van der Waals surface area contributed by atoms with E-state index in [1.165, 1.54) is 0 Å². The summed E-state index contributed by atoms with van der Waals surface area (Å²) >= 11 is 0. The summed E-state index contributed by atoms with van der Waals surface area (Å²) in [7, 11) is 0. The molecule has 0 fully saturated rings. The van der Waals surface area contributed by atoms with Crippen LogP contribution in [0.4, 0.5) is 18.0 Å². The Hall–Kier alpha value is -1.51. The fourth-order valence-corrected chi connectivity index (χ4v) is 1.64. The smallest absolute Gasteiger partial charge is 0.406 e. The molecule has 0 rings (SSSR count). The van der Waals surface area contributed by atoms with Crippen LogP contribution in [-0.2, 0) is 4.79 Å². The summed E-state index contributed by atoms with van der Waals surface area (Å²) in [6, 6.07) is -0.896. The molecule has 0 aliphatic rings. The Labute approximate surface area is 120 Å². The number of rotatable bonds is 9. The number of carboxylic acid groups (broad SMARTS) is 1. The van der Waals surface area contributed by atoms with Crippen molar-refractivity contribution in [2.75, 3.05) is 26.2 Å². The summed E-state index contributed by atoms with van der Waals surface area (Å²) < 4.78 is 36.8. The van der Waals surface area contributed by atoms with E-state index in [4.69, 9.17) is 10.2 Å². The molecule has 0 heterocycles. The van der Waals surface area contributed by atoms with Crippen LogP contribution < -0.4 is 5.32 Å². The van der Waals surface area contributed by atoms with Crippen molar-refractivity contribution in [3.05, 3.63) is 0 Å². The van der Waals surface area contributed by atoms with Crippen molar-refractivity contribution in [3.63, 3.8) is 0 Å². The van der Waals surface area contributed by atoms with Gasteiger partial charge in [-0.05, 0) is 18.8 Å². The minimum Gasteiger partial charge on any atom is -0.481 e. The van der Waals surface area contributed by atoms with Crippen LogP contribution in [0, 0.1) is 5.92 Å². The van der Waals surface area contributed by atoms with Crippen LogP contribution in [0.2, 0.25) is 0 Å². The number of aliphatic hydroxyl groups excluding tert-OH is 1. The lowest BCUT2D eigenvalue weighted by Crippen LogP contribution is -2.46. The summed E-state index contributed by atoms with van der Waals surface area (Å²) in [5.74, 6) is -0.875. The molecule has 0 aromatic carbocycles. The standard InChI is InChI=1S/C12H21F3N2O4/c1-9(2-3-10(19)20)4-5-16-11(21)17(6-7-18)8-12(13,14)15/h9,18H,2-8H2,1H3,(H,16,21)(H,19,20). The van der Waals surface area contributed by atoms with E-state index in [1.807, 2.05) is 0 Å². The van der Waals surface area contributed by atoms with Gasteiger partial charge in [-0.1, -0.05) is 6.92 Å². The molecule has 124 valence electrons. The van der Waals surface area contributed by atoms with Crippen molar-refractivity contribution < 1.29 is 33.0 Å². The molecule has 1 atom stereocenters. The van der Waals surface area contributed by atoms with Crippen molar-refractivity contribution >= 4 is 12.0 Å². The Morgan fingerprint density at radius 2 is 1.90 bits per heavy atom. The van der Waals surface area contributed by atoms with Crippen LogP contribution in [0.25, 0.3) is 0 Å². The predicted octanol–water partition coefficient (Wildman–Crippen LogP) is 1.44. The zero-order chi connectivity index (χ0) is 16.5. The highest BCUT2D eigenvalue weighted by Crippen LogP contribution is 2.16. The molecule has 0 aliphatic heterocycles. The van der Waals surface area contributed by atoms with Crippen molar-refractivity contribution in [2.45, 2.75) is 32.4 Å². The number of aliphatic hydroxyl groups is 1. The van der Waals surface area contributed by atoms with E-state index in [-0.39, 0.29) is 18.9 Å². The van der Waals surface area contributed by atoms with Crippen LogP contribution in [0.1, 0.15) is 26.2 Å². The Morgan fingerprint density at radius 3 is 2.38 bits per heavy atom. The van der Waals surface area contributed by atoms with Crippen LogP contribution >= 0.6 is 0 Å². The third-order valence-corrected chi connectivity index (χ3v) is 2.79. The Bertz CT molecular complexity index is 337. The second-order valence-electron chi connectivity index (χ2n) is 4.82. The molecule has 0 radical (unpaired) electrons. The maximum Gasteiger partial charge on any atom is 0.406 e. The number of nitrogens with zero attached hydrogens (tertiary/aromatic N) is 1. The Kier molecular flexibility index (Phi) is 8.75. The first kappa shape index (κ1) is 19.5. The zero-order valence-electron chi connectivity index (χ0n) is 11.8. The minimum atomic E-state index is -4.53. The number of halogens is 3. The summed E-state index contributed by atoms with van der Waals surface area (Å²) in [6.45, 7) is -0.428. The molecular formula is C12H21F3N2O4. The van der Waals surface area contributed by atoms with Crippen molar-refractivity contribution in [1.82, 2.24) is 10.2 Å². The third-order valence-electron chi connectivity index (χ3n) is 2.79. The predicted molar refractivity (Wildman–Crippen MR) is 68.8 cm³/mol. The average Bonchev–Trinajstić information content (AvgIpc) is 2.34. The number of carboxylic acids is 1. The lowest BCUT2D eigenvalue weighted by molar-refractivity contribution is -0.140. The zero-order valence-corrected chi connectivity index (χ0v) is 11.8. The van der Waals surface area contributed by atoms with Gasteiger partial charge in [0.1, 0.15) is 6.54 Å². The number of carbonyl (C=O) groups is 2. The number of hydrogen-bond donors (Lipinski definition) is 3. The van der Waals surface area contributed by atoms with Crippen molar-refractivity contribution in [1.29, 1.82) is 0 Å². The Balaban J connectivity index is 4.10. The molecule has 0 saturated carbocycles. The van der Waals surface area contributed by atoms with Gasteiger partial charge in [0, 0.05) is 19.5 Å². The molecule has 0 saturated heterocycles. The number of amides is 2. The van der Waals surface area contributed by atoms with Crippen LogP contribution in [-0.4, -0.2) is 59.5 Å². The molecule has 3 N–H and O–H groups in total. The van der Waals surface area contributed by atoms with Gasteiger partial charge in [-0.2, -0.15) is 13.2 Å². The van der Waals surface area contributed by atoms with Gasteiger partial charge in [-0.15, -0.1) is 0 Å². The number of aliphatic carboxylic acids is 1. The van der Waals surface area contributed by atoms with Gasteiger partial charge in [-0.25, -0.2) is 4.79 Å². The summed E-state index contributed by atoms with van der Waals surface area (Å²) in [5.41, 5.74) is 0. The number of urea groups is 1. The van der Waals surface area contributed by atoms with Gasteiger partial charge in [0.05, 0.1) is 6.61 Å². The number of nitrogens with one attached hydrogen (secondary N) is 1. The molecule has 6 nitrogen and oxygen atoms in total. The minimum absolute atomic E-state index is 0.0137.